The molecule has 28 heavy (non-hydrogen) atoms. The molecule has 1 aromatic rings. The van der Waals surface area contributed by atoms with Gasteiger partial charge in [0.1, 0.15) is 0 Å². The minimum absolute atomic E-state index is 0. The molecule has 0 fully saturated rings. The highest BCUT2D eigenvalue weighted by Crippen LogP contribution is 2.15. The Kier molecular flexibility index (Phi) is 17.6. The first-order chi connectivity index (χ1) is 13.2. The minimum atomic E-state index is -3.58. The molecule has 0 spiro atoms. The molecule has 0 amide bonds. The third-order valence-electron chi connectivity index (χ3n) is 5.02. The topological polar surface area (TPSA) is 78.4 Å². The van der Waals surface area contributed by atoms with Crippen LogP contribution in [0.3, 0.4) is 0 Å². The summed E-state index contributed by atoms with van der Waals surface area (Å²) in [5, 5.41) is 0. The molecule has 1 rings (SSSR count). The van der Waals surface area contributed by atoms with E-state index in [1.165, 1.54) is 83.5 Å². The Balaban J connectivity index is 0.00000729. The van der Waals surface area contributed by atoms with E-state index in [9.17, 15) is 8.42 Å². The summed E-state index contributed by atoms with van der Waals surface area (Å²) in [7, 11) is -3.58. The van der Waals surface area contributed by atoms with Gasteiger partial charge in [-0.3, -0.25) is 4.18 Å². The predicted molar refractivity (Wildman–Crippen MR) is 120 cm³/mol. The van der Waals surface area contributed by atoms with Gasteiger partial charge in [-0.2, -0.15) is 8.42 Å². The lowest BCUT2D eigenvalue weighted by Gasteiger charge is -2.06. The summed E-state index contributed by atoms with van der Waals surface area (Å²) in [5.74, 6) is 0. The Morgan fingerprint density at radius 3 is 1.46 bits per heavy atom. The van der Waals surface area contributed by atoms with Crippen molar-refractivity contribution in [3.63, 3.8) is 0 Å². The number of unbranched alkanes of at least 4 members (excludes halogenated alkanes) is 14. The van der Waals surface area contributed by atoms with Crippen LogP contribution in [0.2, 0.25) is 0 Å². The van der Waals surface area contributed by atoms with Gasteiger partial charge in [0, 0.05) is 0 Å². The van der Waals surface area contributed by atoms with Gasteiger partial charge in [-0.1, -0.05) is 115 Å². The van der Waals surface area contributed by atoms with Crippen LogP contribution in [0.1, 0.15) is 103 Å². The maximum absolute atomic E-state index is 12.0. The smallest absolute Gasteiger partial charge is 0.296 e. The molecule has 0 radical (unpaired) electrons. The molecule has 0 saturated heterocycles. The fourth-order valence-electron chi connectivity index (χ4n) is 3.30. The highest BCUT2D eigenvalue weighted by Gasteiger charge is 2.13. The van der Waals surface area contributed by atoms with E-state index in [0.29, 0.717) is 0 Å². The van der Waals surface area contributed by atoms with E-state index < -0.39 is 10.1 Å². The van der Waals surface area contributed by atoms with Gasteiger partial charge in [-0.05, 0) is 18.6 Å². The second-order valence-electron chi connectivity index (χ2n) is 7.54. The quantitative estimate of drug-likeness (QED) is 0.200. The molecule has 0 saturated carbocycles. The molecule has 164 valence electrons. The maximum Gasteiger partial charge on any atom is 0.296 e. The summed E-state index contributed by atoms with van der Waals surface area (Å²) < 4.78 is 29.0. The lowest BCUT2D eigenvalue weighted by Crippen LogP contribution is -2.07. The Morgan fingerprint density at radius 1 is 0.643 bits per heavy atom. The van der Waals surface area contributed by atoms with Crippen molar-refractivity contribution in [2.24, 2.45) is 0 Å². The largest absolute Gasteiger partial charge is 0.344 e. The number of hydrogen-bond acceptors (Lipinski definition) is 4. The van der Waals surface area contributed by atoms with Gasteiger partial charge in [0.05, 0.1) is 11.5 Å². The van der Waals surface area contributed by atoms with Crippen molar-refractivity contribution in [3.05, 3.63) is 30.3 Å². The Hall–Kier alpha value is -0.910. The van der Waals surface area contributed by atoms with Crippen LogP contribution < -0.4 is 6.15 Å². The van der Waals surface area contributed by atoms with E-state index in [-0.39, 0.29) is 17.7 Å². The number of hydrogen-bond donors (Lipinski definition) is 1. The van der Waals surface area contributed by atoms with Gasteiger partial charge in [0.15, 0.2) is 0 Å². The van der Waals surface area contributed by atoms with Crippen molar-refractivity contribution >= 4 is 10.1 Å². The molecule has 0 aliphatic rings. The van der Waals surface area contributed by atoms with Crippen LogP contribution in [-0.2, 0) is 14.3 Å². The van der Waals surface area contributed by atoms with Crippen LogP contribution in [0.15, 0.2) is 35.2 Å². The Bertz CT molecular complexity index is 546. The summed E-state index contributed by atoms with van der Waals surface area (Å²) in [6.45, 7) is 2.56. The van der Waals surface area contributed by atoms with Crippen molar-refractivity contribution in [1.29, 1.82) is 0 Å². The molecule has 5 heteroatoms. The van der Waals surface area contributed by atoms with Crippen LogP contribution >= 0.6 is 0 Å². The molecule has 0 aromatic heterocycles. The van der Waals surface area contributed by atoms with E-state index in [2.05, 4.69) is 6.92 Å². The van der Waals surface area contributed by atoms with Crippen molar-refractivity contribution < 1.29 is 12.6 Å². The summed E-state index contributed by atoms with van der Waals surface area (Å²) >= 11 is 0. The summed E-state index contributed by atoms with van der Waals surface area (Å²) in [6.07, 6.45) is 19.5. The van der Waals surface area contributed by atoms with Gasteiger partial charge in [-0.25, -0.2) is 0 Å². The molecular weight excluding hydrogens is 370 g/mol. The molecule has 0 heterocycles. The monoisotopic (exact) mass is 413 g/mol. The van der Waals surface area contributed by atoms with Gasteiger partial charge >= 0.3 is 0 Å². The van der Waals surface area contributed by atoms with E-state index in [1.807, 2.05) is 0 Å². The van der Waals surface area contributed by atoms with Gasteiger partial charge in [0.25, 0.3) is 10.1 Å². The molecule has 3 N–H and O–H groups in total. The van der Waals surface area contributed by atoms with E-state index in [0.717, 1.165) is 12.8 Å². The van der Waals surface area contributed by atoms with Crippen LogP contribution in [0, 0.1) is 0 Å². The van der Waals surface area contributed by atoms with Crippen LogP contribution in [-0.4, -0.2) is 15.0 Å². The summed E-state index contributed by atoms with van der Waals surface area (Å²) in [5.41, 5.74) is 0. The number of benzene rings is 1. The molecule has 0 unspecified atom stereocenters. The zero-order chi connectivity index (χ0) is 19.6. The van der Waals surface area contributed by atoms with Crippen molar-refractivity contribution in [3.8, 4) is 0 Å². The fourth-order valence-corrected chi connectivity index (χ4v) is 4.26. The lowest BCUT2D eigenvalue weighted by atomic mass is 10.0. The molecule has 0 bridgehead atoms. The predicted octanol–water partition coefficient (Wildman–Crippen LogP) is 7.43. The highest BCUT2D eigenvalue weighted by molar-refractivity contribution is 7.86. The van der Waals surface area contributed by atoms with E-state index in [1.54, 1.807) is 30.3 Å². The molecule has 0 aliphatic heterocycles. The maximum atomic E-state index is 12.0. The first-order valence-corrected chi connectivity index (χ1v) is 12.5. The lowest BCUT2D eigenvalue weighted by molar-refractivity contribution is 0.306. The average Bonchev–Trinajstić information content (AvgIpc) is 2.68. The Labute approximate surface area is 174 Å². The number of rotatable bonds is 18. The SMILES string of the molecule is CCCCCCCCCCCCCCCCCOS(=O)(=O)c1ccccc1.N. The van der Waals surface area contributed by atoms with Crippen LogP contribution in [0.5, 0.6) is 0 Å². The molecule has 1 aromatic carbocycles. The third-order valence-corrected chi connectivity index (χ3v) is 6.34. The van der Waals surface area contributed by atoms with Crippen LogP contribution in [0.25, 0.3) is 0 Å². The van der Waals surface area contributed by atoms with Gasteiger partial charge < -0.3 is 6.15 Å². The molecule has 4 nitrogen and oxygen atoms in total. The van der Waals surface area contributed by atoms with E-state index >= 15 is 0 Å². The fraction of sp³-hybridized carbons (Fsp3) is 0.739. The molecule has 0 atom stereocenters. The van der Waals surface area contributed by atoms with Crippen molar-refractivity contribution in [1.82, 2.24) is 6.15 Å². The molecular formula is C23H43NO3S. The average molecular weight is 414 g/mol. The van der Waals surface area contributed by atoms with Gasteiger partial charge in [0.2, 0.25) is 0 Å². The third kappa shape index (κ3) is 14.1. The normalized spacial score (nSPS) is 11.3. The van der Waals surface area contributed by atoms with Gasteiger partial charge in [-0.15, -0.1) is 0 Å². The van der Waals surface area contributed by atoms with E-state index in [4.69, 9.17) is 4.18 Å². The first-order valence-electron chi connectivity index (χ1n) is 11.1. The standard InChI is InChI=1S/C23H40O3S.H3N/c1-2-3-4-5-6-7-8-9-10-11-12-13-14-15-19-22-26-27(24,25)23-20-17-16-18-21-23;/h16-18,20-21H,2-15,19,22H2,1H3;1H3. The Morgan fingerprint density at radius 2 is 1.04 bits per heavy atom. The second kappa shape index (κ2) is 18.1. The van der Waals surface area contributed by atoms with Crippen molar-refractivity contribution in [2.75, 3.05) is 6.61 Å². The second-order valence-corrected chi connectivity index (χ2v) is 9.15. The highest BCUT2D eigenvalue weighted by atomic mass is 32.2. The summed E-state index contributed by atoms with van der Waals surface area (Å²) in [6, 6.07) is 8.37. The zero-order valence-electron chi connectivity index (χ0n) is 18.0. The first kappa shape index (κ1) is 27.1. The van der Waals surface area contributed by atoms with Crippen molar-refractivity contribution in [2.45, 2.75) is 108 Å². The van der Waals surface area contributed by atoms with Crippen LogP contribution in [0.4, 0.5) is 0 Å². The zero-order valence-corrected chi connectivity index (χ0v) is 18.9. The summed E-state index contributed by atoms with van der Waals surface area (Å²) in [4.78, 5) is 0.242. The molecule has 0 aliphatic carbocycles. The minimum Gasteiger partial charge on any atom is -0.344 e.